The summed E-state index contributed by atoms with van der Waals surface area (Å²) in [6.07, 6.45) is 4.20. The molecule has 0 bridgehead atoms. The van der Waals surface area contributed by atoms with E-state index >= 15 is 0 Å². The van der Waals surface area contributed by atoms with Crippen LogP contribution in [-0.4, -0.2) is 24.2 Å². The molecule has 0 radical (unpaired) electrons. The first kappa shape index (κ1) is 9.94. The summed E-state index contributed by atoms with van der Waals surface area (Å²) in [5.41, 5.74) is 1.37. The van der Waals surface area contributed by atoms with Gasteiger partial charge in [-0.15, -0.1) is 0 Å². The first-order valence-corrected chi connectivity index (χ1v) is 5.10. The molecule has 0 spiro atoms. The van der Waals surface area contributed by atoms with Gasteiger partial charge >= 0.3 is 0 Å². The van der Waals surface area contributed by atoms with Crippen LogP contribution in [0.3, 0.4) is 0 Å². The maximum atomic E-state index is 8.68. The lowest BCUT2D eigenvalue weighted by atomic mass is 10.2. The largest absolute Gasteiger partial charge is 0.382 e. The normalized spacial score (nSPS) is 19.8. The Bertz CT molecular complexity index is 366. The second-order valence-corrected chi connectivity index (χ2v) is 3.56. The van der Waals surface area contributed by atoms with Gasteiger partial charge in [0.15, 0.2) is 0 Å². The maximum absolute atomic E-state index is 8.68. The van der Waals surface area contributed by atoms with E-state index in [1.807, 2.05) is 12.1 Å². The molecule has 0 aliphatic carbocycles. The van der Waals surface area contributed by atoms with Crippen LogP contribution in [0.15, 0.2) is 18.3 Å². The fraction of sp³-hybridized carbons (Fsp3) is 0.455. The molecule has 2 rings (SSSR count). The molecule has 1 N–H and O–H groups in total. The molecule has 2 heterocycles. The summed E-state index contributed by atoms with van der Waals surface area (Å²) in [7, 11) is 0. The van der Waals surface area contributed by atoms with E-state index in [2.05, 4.69) is 10.3 Å². The minimum absolute atomic E-state index is 0.309. The number of nitrogens with one attached hydrogen (secondary N) is 1. The predicted molar refractivity (Wildman–Crippen MR) is 56.4 cm³/mol. The van der Waals surface area contributed by atoms with Crippen LogP contribution < -0.4 is 5.32 Å². The van der Waals surface area contributed by atoms with Crippen LogP contribution in [0.4, 0.5) is 5.69 Å². The first-order valence-electron chi connectivity index (χ1n) is 5.10. The number of anilines is 1. The van der Waals surface area contributed by atoms with E-state index in [4.69, 9.17) is 10.00 Å². The highest BCUT2D eigenvalue weighted by Crippen LogP contribution is 2.13. The van der Waals surface area contributed by atoms with Crippen molar-refractivity contribution in [3.05, 3.63) is 24.0 Å². The van der Waals surface area contributed by atoms with Crippen LogP contribution in [0.2, 0.25) is 0 Å². The Morgan fingerprint density at radius 2 is 2.60 bits per heavy atom. The number of rotatable bonds is 3. The molecule has 0 saturated carbocycles. The average Bonchev–Trinajstić information content (AvgIpc) is 2.79. The minimum Gasteiger partial charge on any atom is -0.382 e. The van der Waals surface area contributed by atoms with Crippen molar-refractivity contribution >= 4 is 5.69 Å². The fourth-order valence-electron chi connectivity index (χ4n) is 1.64. The van der Waals surface area contributed by atoms with Crippen molar-refractivity contribution < 1.29 is 4.74 Å². The van der Waals surface area contributed by atoms with Crippen molar-refractivity contribution in [2.24, 2.45) is 0 Å². The molecule has 1 aromatic rings. The third-order valence-electron chi connectivity index (χ3n) is 2.43. The molecule has 4 heteroatoms. The fourth-order valence-corrected chi connectivity index (χ4v) is 1.64. The van der Waals surface area contributed by atoms with Gasteiger partial charge in [-0.3, -0.25) is 0 Å². The first-order chi connectivity index (χ1) is 7.38. The summed E-state index contributed by atoms with van der Waals surface area (Å²) in [6, 6.07) is 5.61. The monoisotopic (exact) mass is 203 g/mol. The summed E-state index contributed by atoms with van der Waals surface area (Å²) in [6.45, 7) is 1.67. The van der Waals surface area contributed by atoms with Gasteiger partial charge in [0.2, 0.25) is 0 Å². The number of hydrogen-bond acceptors (Lipinski definition) is 4. The smallest absolute Gasteiger partial charge is 0.142 e. The SMILES string of the molecule is N#Cc1cc(NCC2CCCO2)ccn1. The van der Waals surface area contributed by atoms with Crippen LogP contribution in [0, 0.1) is 11.3 Å². The molecule has 1 aliphatic heterocycles. The van der Waals surface area contributed by atoms with Crippen molar-refractivity contribution in [2.45, 2.75) is 18.9 Å². The van der Waals surface area contributed by atoms with E-state index in [0.29, 0.717) is 11.8 Å². The molecule has 1 saturated heterocycles. The van der Waals surface area contributed by atoms with Crippen LogP contribution in [0.1, 0.15) is 18.5 Å². The molecule has 1 unspecified atom stereocenters. The molecule has 15 heavy (non-hydrogen) atoms. The lowest BCUT2D eigenvalue weighted by molar-refractivity contribution is 0.120. The summed E-state index contributed by atoms with van der Waals surface area (Å²) in [5.74, 6) is 0. The second kappa shape index (κ2) is 4.76. The van der Waals surface area contributed by atoms with Gasteiger partial charge < -0.3 is 10.1 Å². The van der Waals surface area contributed by atoms with Gasteiger partial charge in [-0.25, -0.2) is 4.98 Å². The van der Waals surface area contributed by atoms with Gasteiger partial charge in [-0.1, -0.05) is 0 Å². The molecule has 1 aliphatic rings. The zero-order chi connectivity index (χ0) is 10.5. The van der Waals surface area contributed by atoms with Gasteiger partial charge in [0.25, 0.3) is 0 Å². The van der Waals surface area contributed by atoms with Crippen molar-refractivity contribution in [1.82, 2.24) is 4.98 Å². The lowest BCUT2D eigenvalue weighted by Crippen LogP contribution is -2.18. The Labute approximate surface area is 88.9 Å². The van der Waals surface area contributed by atoms with Crippen LogP contribution >= 0.6 is 0 Å². The molecular formula is C11H13N3O. The standard InChI is InChI=1S/C11H13N3O/c12-7-10-6-9(3-4-13-10)14-8-11-2-1-5-15-11/h3-4,6,11H,1-2,5,8H2,(H,13,14). The minimum atomic E-state index is 0.309. The van der Waals surface area contributed by atoms with Crippen LogP contribution in [0.25, 0.3) is 0 Å². The molecular weight excluding hydrogens is 190 g/mol. The number of pyridine rings is 1. The van der Waals surface area contributed by atoms with E-state index in [9.17, 15) is 0 Å². The highest BCUT2D eigenvalue weighted by Gasteiger charge is 2.14. The van der Waals surface area contributed by atoms with Gasteiger partial charge in [0.1, 0.15) is 11.8 Å². The van der Waals surface area contributed by atoms with E-state index in [1.54, 1.807) is 12.3 Å². The molecule has 78 valence electrons. The summed E-state index contributed by atoms with van der Waals surface area (Å²) in [4.78, 5) is 3.91. The van der Waals surface area contributed by atoms with E-state index in [1.165, 1.54) is 0 Å². The van der Waals surface area contributed by atoms with Crippen molar-refractivity contribution in [2.75, 3.05) is 18.5 Å². The molecule has 0 aromatic carbocycles. The zero-order valence-corrected chi connectivity index (χ0v) is 8.44. The summed E-state index contributed by atoms with van der Waals surface area (Å²) in [5, 5.41) is 11.9. The number of hydrogen-bond donors (Lipinski definition) is 1. The quantitative estimate of drug-likeness (QED) is 0.809. The third-order valence-corrected chi connectivity index (χ3v) is 2.43. The van der Waals surface area contributed by atoms with E-state index in [-0.39, 0.29) is 0 Å². The van der Waals surface area contributed by atoms with Gasteiger partial charge in [-0.05, 0) is 25.0 Å². The predicted octanol–water partition coefficient (Wildman–Crippen LogP) is 1.54. The highest BCUT2D eigenvalue weighted by atomic mass is 16.5. The zero-order valence-electron chi connectivity index (χ0n) is 8.44. The topological polar surface area (TPSA) is 57.9 Å². The summed E-state index contributed by atoms with van der Waals surface area (Å²) >= 11 is 0. The van der Waals surface area contributed by atoms with Crippen molar-refractivity contribution in [3.8, 4) is 6.07 Å². The molecule has 0 amide bonds. The highest BCUT2D eigenvalue weighted by molar-refractivity contribution is 5.45. The Morgan fingerprint density at radius 1 is 1.67 bits per heavy atom. The van der Waals surface area contributed by atoms with Gasteiger partial charge in [0.05, 0.1) is 6.10 Å². The Hall–Kier alpha value is -1.60. The Kier molecular flexibility index (Phi) is 3.15. The van der Waals surface area contributed by atoms with Crippen LogP contribution in [0.5, 0.6) is 0 Å². The second-order valence-electron chi connectivity index (χ2n) is 3.56. The molecule has 4 nitrogen and oxygen atoms in total. The van der Waals surface area contributed by atoms with Gasteiger partial charge in [0, 0.05) is 25.0 Å². The molecule has 1 fully saturated rings. The number of aromatic nitrogens is 1. The molecule has 1 aromatic heterocycles. The summed E-state index contributed by atoms with van der Waals surface area (Å²) < 4.78 is 5.49. The van der Waals surface area contributed by atoms with E-state index in [0.717, 1.165) is 31.7 Å². The number of nitrogens with zero attached hydrogens (tertiary/aromatic N) is 2. The van der Waals surface area contributed by atoms with Crippen molar-refractivity contribution in [1.29, 1.82) is 5.26 Å². The van der Waals surface area contributed by atoms with E-state index < -0.39 is 0 Å². The number of nitriles is 1. The van der Waals surface area contributed by atoms with Gasteiger partial charge in [-0.2, -0.15) is 5.26 Å². The molecule has 1 atom stereocenters. The van der Waals surface area contributed by atoms with Crippen LogP contribution in [-0.2, 0) is 4.74 Å². The third kappa shape index (κ3) is 2.67. The average molecular weight is 203 g/mol. The lowest BCUT2D eigenvalue weighted by Gasteiger charge is -2.11. The number of ether oxygens (including phenoxy) is 1. The maximum Gasteiger partial charge on any atom is 0.142 e. The van der Waals surface area contributed by atoms with Crippen molar-refractivity contribution in [3.63, 3.8) is 0 Å². The Morgan fingerprint density at radius 3 is 3.33 bits per heavy atom. The Balaban J connectivity index is 1.90.